The van der Waals surface area contributed by atoms with Crippen LogP contribution in [0.15, 0.2) is 30.5 Å². The zero-order valence-corrected chi connectivity index (χ0v) is 19.2. The summed E-state index contributed by atoms with van der Waals surface area (Å²) in [6.45, 7) is 1.66. The molecule has 3 rings (SSSR count). The molecule has 1 aliphatic heterocycles. The first-order chi connectivity index (χ1) is 16.6. The van der Waals surface area contributed by atoms with Crippen LogP contribution in [0.4, 0.5) is 0 Å². The Morgan fingerprint density at radius 3 is 2.57 bits per heavy atom. The van der Waals surface area contributed by atoms with Gasteiger partial charge in [0.1, 0.15) is 18.1 Å². The van der Waals surface area contributed by atoms with E-state index in [0.29, 0.717) is 12.8 Å². The lowest BCUT2D eigenvalue weighted by Gasteiger charge is -2.27. The first-order valence-corrected chi connectivity index (χ1v) is 11.2. The Labute approximate surface area is 200 Å². The van der Waals surface area contributed by atoms with Gasteiger partial charge >= 0.3 is 11.9 Å². The number of para-hydroxylation sites is 1. The molecule has 2 heterocycles. The Hall–Kier alpha value is -3.93. The highest BCUT2D eigenvalue weighted by Crippen LogP contribution is 2.20. The molecule has 1 saturated heterocycles. The molecule has 1 aromatic carbocycles. The van der Waals surface area contributed by atoms with Crippen molar-refractivity contribution >= 4 is 40.6 Å². The van der Waals surface area contributed by atoms with Crippen LogP contribution >= 0.6 is 0 Å². The number of carboxylic acid groups (broad SMARTS) is 2. The lowest BCUT2D eigenvalue weighted by atomic mass is 10.0. The molecule has 7 N–H and O–H groups in total. The van der Waals surface area contributed by atoms with Crippen LogP contribution in [0.2, 0.25) is 0 Å². The van der Waals surface area contributed by atoms with Crippen LogP contribution < -0.4 is 16.4 Å². The standard InChI is InChI=1S/C23H29N5O7/c1-12(26-21(32)18-7-4-8-28(18)22(33)15(24)10-19(29)30)20(31)27-17(23(34)35)9-13-11-25-16-6-3-2-5-14(13)16/h2-3,5-6,11-12,15,17-18,25H,4,7-10,24H2,1H3,(H,26,32)(H,27,31)(H,29,30)(H,34,35). The predicted molar refractivity (Wildman–Crippen MR) is 124 cm³/mol. The minimum atomic E-state index is -1.28. The Bertz CT molecular complexity index is 1130. The molecule has 1 aromatic heterocycles. The van der Waals surface area contributed by atoms with Gasteiger partial charge in [-0.1, -0.05) is 18.2 Å². The van der Waals surface area contributed by atoms with Gasteiger partial charge in [0.25, 0.3) is 0 Å². The molecule has 12 nitrogen and oxygen atoms in total. The van der Waals surface area contributed by atoms with Crippen LogP contribution in [0.25, 0.3) is 10.9 Å². The molecule has 0 radical (unpaired) electrons. The first-order valence-electron chi connectivity index (χ1n) is 11.2. The number of nitrogens with one attached hydrogen (secondary N) is 3. The van der Waals surface area contributed by atoms with Crippen molar-refractivity contribution in [2.45, 2.75) is 56.8 Å². The second kappa shape index (κ2) is 11.0. The molecule has 0 aliphatic carbocycles. The van der Waals surface area contributed by atoms with E-state index in [4.69, 9.17) is 10.8 Å². The van der Waals surface area contributed by atoms with Crippen molar-refractivity contribution in [3.8, 4) is 0 Å². The Kier molecular flexibility index (Phi) is 8.07. The van der Waals surface area contributed by atoms with Gasteiger partial charge < -0.3 is 36.5 Å². The van der Waals surface area contributed by atoms with E-state index in [1.807, 2.05) is 24.3 Å². The number of carbonyl (C=O) groups excluding carboxylic acids is 3. The van der Waals surface area contributed by atoms with Crippen LogP contribution in [-0.4, -0.2) is 80.5 Å². The van der Waals surface area contributed by atoms with E-state index in [2.05, 4.69) is 15.6 Å². The van der Waals surface area contributed by atoms with Crippen molar-refractivity contribution in [3.63, 3.8) is 0 Å². The van der Waals surface area contributed by atoms with E-state index in [-0.39, 0.29) is 13.0 Å². The summed E-state index contributed by atoms with van der Waals surface area (Å²) >= 11 is 0. The highest BCUT2D eigenvalue weighted by atomic mass is 16.4. The third-order valence-electron chi connectivity index (χ3n) is 6.02. The molecule has 35 heavy (non-hydrogen) atoms. The number of carboxylic acids is 2. The minimum absolute atomic E-state index is 0.0398. The fraction of sp³-hybridized carbons (Fsp3) is 0.435. The van der Waals surface area contributed by atoms with E-state index in [0.717, 1.165) is 16.5 Å². The van der Waals surface area contributed by atoms with Gasteiger partial charge in [0.15, 0.2) is 0 Å². The number of fused-ring (bicyclic) bond motifs is 1. The highest BCUT2D eigenvalue weighted by Gasteiger charge is 2.37. The number of nitrogens with two attached hydrogens (primary N) is 1. The summed E-state index contributed by atoms with van der Waals surface area (Å²) in [5.74, 6) is -4.38. The van der Waals surface area contributed by atoms with Crippen molar-refractivity contribution in [2.75, 3.05) is 6.54 Å². The molecule has 4 unspecified atom stereocenters. The average Bonchev–Trinajstić information content (AvgIpc) is 3.45. The molecule has 0 spiro atoms. The number of rotatable bonds is 10. The number of likely N-dealkylation sites (tertiary alicyclic amines) is 1. The third kappa shape index (κ3) is 6.15. The second-order valence-corrected chi connectivity index (χ2v) is 8.59. The fourth-order valence-corrected chi connectivity index (χ4v) is 4.18. The number of aliphatic carboxylic acids is 2. The van der Waals surface area contributed by atoms with Crippen LogP contribution in [-0.2, 0) is 30.4 Å². The van der Waals surface area contributed by atoms with Gasteiger partial charge in [-0.25, -0.2) is 4.79 Å². The zero-order chi connectivity index (χ0) is 25.7. The Morgan fingerprint density at radius 2 is 1.89 bits per heavy atom. The maximum atomic E-state index is 12.8. The zero-order valence-electron chi connectivity index (χ0n) is 19.2. The topological polar surface area (TPSA) is 195 Å². The van der Waals surface area contributed by atoms with Crippen LogP contribution in [0.3, 0.4) is 0 Å². The molecular weight excluding hydrogens is 458 g/mol. The third-order valence-corrected chi connectivity index (χ3v) is 6.02. The van der Waals surface area contributed by atoms with Crippen molar-refractivity contribution in [2.24, 2.45) is 5.73 Å². The van der Waals surface area contributed by atoms with Gasteiger partial charge in [-0.3, -0.25) is 19.2 Å². The second-order valence-electron chi connectivity index (χ2n) is 8.59. The predicted octanol–water partition coefficient (Wildman–Crippen LogP) is -0.422. The monoisotopic (exact) mass is 487 g/mol. The fourth-order valence-electron chi connectivity index (χ4n) is 4.18. The summed E-state index contributed by atoms with van der Waals surface area (Å²) in [5.41, 5.74) is 7.23. The first kappa shape index (κ1) is 25.7. The normalized spacial score (nSPS) is 18.0. The summed E-state index contributed by atoms with van der Waals surface area (Å²) in [7, 11) is 0. The maximum absolute atomic E-state index is 12.8. The van der Waals surface area contributed by atoms with Crippen LogP contribution in [0, 0.1) is 0 Å². The van der Waals surface area contributed by atoms with Gasteiger partial charge in [-0.15, -0.1) is 0 Å². The van der Waals surface area contributed by atoms with Crippen molar-refractivity contribution in [3.05, 3.63) is 36.0 Å². The van der Waals surface area contributed by atoms with Crippen LogP contribution in [0.1, 0.15) is 31.7 Å². The number of hydrogen-bond acceptors (Lipinski definition) is 6. The molecule has 0 bridgehead atoms. The average molecular weight is 488 g/mol. The van der Waals surface area contributed by atoms with Gasteiger partial charge in [0, 0.05) is 30.1 Å². The molecule has 188 valence electrons. The molecule has 12 heteroatoms. The smallest absolute Gasteiger partial charge is 0.326 e. The van der Waals surface area contributed by atoms with Crippen molar-refractivity contribution < 1.29 is 34.2 Å². The van der Waals surface area contributed by atoms with Crippen molar-refractivity contribution in [1.29, 1.82) is 0 Å². The lowest BCUT2D eigenvalue weighted by molar-refractivity contribution is -0.144. The van der Waals surface area contributed by atoms with Gasteiger partial charge in [0.05, 0.1) is 12.5 Å². The molecule has 3 amide bonds. The molecule has 1 fully saturated rings. The summed E-state index contributed by atoms with van der Waals surface area (Å²) in [5, 5.41) is 24.3. The van der Waals surface area contributed by atoms with E-state index in [9.17, 15) is 29.1 Å². The van der Waals surface area contributed by atoms with Crippen LogP contribution in [0.5, 0.6) is 0 Å². The summed E-state index contributed by atoms with van der Waals surface area (Å²) in [6, 6.07) is 2.93. The number of nitrogens with zero attached hydrogens (tertiary/aromatic N) is 1. The largest absolute Gasteiger partial charge is 0.481 e. The molecule has 4 atom stereocenters. The lowest BCUT2D eigenvalue weighted by Crippen LogP contribution is -2.56. The highest BCUT2D eigenvalue weighted by molar-refractivity contribution is 5.95. The van der Waals surface area contributed by atoms with E-state index < -0.39 is 60.2 Å². The SMILES string of the molecule is CC(NC(=O)C1CCCN1C(=O)C(N)CC(=O)O)C(=O)NC(Cc1c[nH]c2ccccc12)C(=O)O. The molecule has 2 aromatic rings. The number of aromatic amines is 1. The molecule has 1 aliphatic rings. The van der Waals surface area contributed by atoms with Gasteiger partial charge in [-0.2, -0.15) is 0 Å². The number of benzene rings is 1. The Morgan fingerprint density at radius 1 is 1.17 bits per heavy atom. The summed E-state index contributed by atoms with van der Waals surface area (Å²) < 4.78 is 0. The maximum Gasteiger partial charge on any atom is 0.326 e. The number of hydrogen-bond donors (Lipinski definition) is 6. The summed E-state index contributed by atoms with van der Waals surface area (Å²) in [4.78, 5) is 64.9. The number of H-pyrrole nitrogens is 1. The van der Waals surface area contributed by atoms with Crippen molar-refractivity contribution in [1.82, 2.24) is 20.5 Å². The molecule has 0 saturated carbocycles. The number of aromatic nitrogens is 1. The van der Waals surface area contributed by atoms with Gasteiger partial charge in [0.2, 0.25) is 17.7 Å². The Balaban J connectivity index is 1.60. The van der Waals surface area contributed by atoms with Gasteiger partial charge in [-0.05, 0) is 31.4 Å². The summed E-state index contributed by atoms with van der Waals surface area (Å²) in [6.07, 6.45) is 2.03. The molecular formula is C23H29N5O7. The van der Waals surface area contributed by atoms with E-state index >= 15 is 0 Å². The van der Waals surface area contributed by atoms with E-state index in [1.165, 1.54) is 11.8 Å². The number of carbonyl (C=O) groups is 5. The minimum Gasteiger partial charge on any atom is -0.481 e. The van der Waals surface area contributed by atoms with E-state index in [1.54, 1.807) is 6.20 Å². The number of amides is 3. The quantitative estimate of drug-likeness (QED) is 0.260.